The molecule has 3 aromatic rings. The molecule has 0 saturated heterocycles. The quantitative estimate of drug-likeness (QED) is 0.669. The molecule has 7 nitrogen and oxygen atoms in total. The summed E-state index contributed by atoms with van der Waals surface area (Å²) >= 11 is 0. The van der Waals surface area contributed by atoms with Crippen molar-refractivity contribution in [3.8, 4) is 5.75 Å². The predicted molar refractivity (Wildman–Crippen MR) is 109 cm³/mol. The minimum Gasteiger partial charge on any atom is -0.497 e. The fourth-order valence-electron chi connectivity index (χ4n) is 4.38. The van der Waals surface area contributed by atoms with Crippen LogP contribution in [0.25, 0.3) is 0 Å². The Kier molecular flexibility index (Phi) is 4.31. The van der Waals surface area contributed by atoms with Crippen molar-refractivity contribution in [2.75, 3.05) is 12.4 Å². The number of ether oxygens (including phenoxy) is 1. The molecule has 0 spiro atoms. The highest BCUT2D eigenvalue weighted by Crippen LogP contribution is 2.39. The van der Waals surface area contributed by atoms with E-state index in [-0.39, 0.29) is 16.0 Å². The predicted octanol–water partition coefficient (Wildman–Crippen LogP) is 3.37. The van der Waals surface area contributed by atoms with Crippen molar-refractivity contribution in [2.24, 2.45) is 0 Å². The molecular formula is C21H22N4O3S. The second-order valence-corrected chi connectivity index (χ2v) is 9.37. The summed E-state index contributed by atoms with van der Waals surface area (Å²) in [5.41, 5.74) is 6.53. The molecule has 0 aliphatic heterocycles. The van der Waals surface area contributed by atoms with Gasteiger partial charge in [0.2, 0.25) is 20.9 Å². The highest BCUT2D eigenvalue weighted by atomic mass is 32.2. The van der Waals surface area contributed by atoms with Gasteiger partial charge < -0.3 is 10.1 Å². The summed E-state index contributed by atoms with van der Waals surface area (Å²) in [5, 5.41) is 9.87. The molecule has 29 heavy (non-hydrogen) atoms. The zero-order valence-corrected chi connectivity index (χ0v) is 17.0. The average molecular weight is 410 g/mol. The fraction of sp³-hybridized carbons (Fsp3) is 0.333. The van der Waals surface area contributed by atoms with Gasteiger partial charge in [0.05, 0.1) is 12.0 Å². The van der Waals surface area contributed by atoms with Gasteiger partial charge in [-0.15, -0.1) is 5.10 Å². The van der Waals surface area contributed by atoms with E-state index >= 15 is 0 Å². The molecule has 0 fully saturated rings. The van der Waals surface area contributed by atoms with E-state index in [1.807, 2.05) is 0 Å². The van der Waals surface area contributed by atoms with E-state index in [2.05, 4.69) is 26.6 Å². The summed E-state index contributed by atoms with van der Waals surface area (Å²) in [6, 6.07) is 8.68. The number of sulfone groups is 1. The standard InChI is InChI=1S/C21H22N4O3S/c1-28-15-7-4-8-16(12-15)29(26,27)21-23-20(24-25-21)22-19-17-9-2-5-13(17)11-14-6-3-10-18(14)19/h4,7-8,11-12H,2-3,5-6,9-10H2,1H3,(H2,22,23,24,25). The summed E-state index contributed by atoms with van der Waals surface area (Å²) < 4.78 is 31.0. The van der Waals surface area contributed by atoms with Gasteiger partial charge in [-0.25, -0.2) is 13.5 Å². The first-order valence-electron chi connectivity index (χ1n) is 9.81. The van der Waals surface area contributed by atoms with Crippen molar-refractivity contribution in [1.29, 1.82) is 0 Å². The zero-order valence-electron chi connectivity index (χ0n) is 16.2. The highest BCUT2D eigenvalue weighted by Gasteiger charge is 2.26. The van der Waals surface area contributed by atoms with Gasteiger partial charge in [-0.1, -0.05) is 12.1 Å². The minimum absolute atomic E-state index is 0.112. The minimum atomic E-state index is -3.82. The number of hydrogen-bond acceptors (Lipinski definition) is 6. The Bertz CT molecular complexity index is 1170. The van der Waals surface area contributed by atoms with E-state index in [4.69, 9.17) is 4.74 Å². The van der Waals surface area contributed by atoms with Crippen molar-refractivity contribution < 1.29 is 13.2 Å². The smallest absolute Gasteiger partial charge is 0.249 e. The monoisotopic (exact) mass is 410 g/mol. The van der Waals surface area contributed by atoms with Crippen LogP contribution in [-0.4, -0.2) is 30.7 Å². The molecule has 2 aromatic carbocycles. The number of H-pyrrole nitrogens is 1. The summed E-state index contributed by atoms with van der Waals surface area (Å²) in [6.45, 7) is 0. The summed E-state index contributed by atoms with van der Waals surface area (Å²) in [6.07, 6.45) is 6.56. The normalized spacial score (nSPS) is 15.2. The van der Waals surface area contributed by atoms with Gasteiger partial charge >= 0.3 is 0 Å². The molecule has 5 rings (SSSR count). The SMILES string of the molecule is COc1cccc(S(=O)(=O)c2nc(Nc3c4c(cc5c3CCC5)CCC4)n[nH]2)c1. The number of hydrogen-bond donors (Lipinski definition) is 2. The third kappa shape index (κ3) is 3.07. The first kappa shape index (κ1) is 18.2. The number of benzene rings is 2. The van der Waals surface area contributed by atoms with E-state index in [0.717, 1.165) is 44.2 Å². The first-order chi connectivity index (χ1) is 14.1. The number of methoxy groups -OCH3 is 1. The Morgan fingerprint density at radius 3 is 2.45 bits per heavy atom. The molecule has 150 valence electrons. The molecular weight excluding hydrogens is 388 g/mol. The lowest BCUT2D eigenvalue weighted by atomic mass is 9.99. The summed E-state index contributed by atoms with van der Waals surface area (Å²) in [4.78, 5) is 4.37. The van der Waals surface area contributed by atoms with Crippen LogP contribution >= 0.6 is 0 Å². The molecule has 0 bridgehead atoms. The number of fused-ring (bicyclic) bond motifs is 2. The topological polar surface area (TPSA) is 97.0 Å². The third-order valence-electron chi connectivity index (χ3n) is 5.78. The number of anilines is 2. The number of nitrogens with one attached hydrogen (secondary N) is 2. The van der Waals surface area contributed by atoms with Crippen molar-refractivity contribution in [3.05, 3.63) is 52.6 Å². The van der Waals surface area contributed by atoms with E-state index in [1.54, 1.807) is 12.1 Å². The van der Waals surface area contributed by atoms with Crippen LogP contribution in [-0.2, 0) is 35.5 Å². The molecule has 0 atom stereocenters. The van der Waals surface area contributed by atoms with Crippen molar-refractivity contribution in [2.45, 2.75) is 48.6 Å². The average Bonchev–Trinajstić information content (AvgIpc) is 3.48. The van der Waals surface area contributed by atoms with Gasteiger partial charge in [0.15, 0.2) is 0 Å². The fourth-order valence-corrected chi connectivity index (χ4v) is 5.51. The van der Waals surface area contributed by atoms with Crippen molar-refractivity contribution in [3.63, 3.8) is 0 Å². The molecule has 1 aromatic heterocycles. The number of rotatable bonds is 5. The van der Waals surface area contributed by atoms with Crippen LogP contribution in [0.1, 0.15) is 35.1 Å². The van der Waals surface area contributed by atoms with Crippen LogP contribution in [0.5, 0.6) is 5.75 Å². The van der Waals surface area contributed by atoms with Crippen LogP contribution in [0.2, 0.25) is 0 Å². The maximum Gasteiger partial charge on any atom is 0.249 e. The number of nitrogens with zero attached hydrogens (tertiary/aromatic N) is 2. The molecule has 1 heterocycles. The Labute approximate surface area is 169 Å². The number of aryl methyl sites for hydroxylation is 2. The molecule has 2 aliphatic rings. The Balaban J connectivity index is 1.49. The lowest BCUT2D eigenvalue weighted by Gasteiger charge is -2.15. The van der Waals surface area contributed by atoms with E-state index in [9.17, 15) is 8.42 Å². The van der Waals surface area contributed by atoms with E-state index in [1.165, 1.54) is 41.5 Å². The van der Waals surface area contributed by atoms with Crippen LogP contribution in [0.4, 0.5) is 11.6 Å². The van der Waals surface area contributed by atoms with Gasteiger partial charge in [-0.3, -0.25) is 0 Å². The van der Waals surface area contributed by atoms with Crippen LogP contribution in [0, 0.1) is 0 Å². The van der Waals surface area contributed by atoms with E-state index < -0.39 is 9.84 Å². The van der Waals surface area contributed by atoms with Gasteiger partial charge in [-0.05, 0) is 79.0 Å². The molecule has 0 radical (unpaired) electrons. The molecule has 0 unspecified atom stereocenters. The maximum atomic E-state index is 12.9. The van der Waals surface area contributed by atoms with Gasteiger partial charge in [0.25, 0.3) is 0 Å². The maximum absolute atomic E-state index is 12.9. The highest BCUT2D eigenvalue weighted by molar-refractivity contribution is 7.91. The van der Waals surface area contributed by atoms with Gasteiger partial charge in [-0.2, -0.15) is 4.98 Å². The largest absolute Gasteiger partial charge is 0.497 e. The number of aromatic nitrogens is 3. The van der Waals surface area contributed by atoms with Crippen molar-refractivity contribution >= 4 is 21.5 Å². The molecule has 0 amide bonds. The van der Waals surface area contributed by atoms with Crippen LogP contribution in [0.15, 0.2) is 40.4 Å². The summed E-state index contributed by atoms with van der Waals surface area (Å²) in [7, 11) is -2.32. The zero-order chi connectivity index (χ0) is 20.0. The molecule has 2 N–H and O–H groups in total. The Hall–Kier alpha value is -2.87. The van der Waals surface area contributed by atoms with Crippen LogP contribution < -0.4 is 10.1 Å². The Morgan fingerprint density at radius 2 is 1.76 bits per heavy atom. The van der Waals surface area contributed by atoms with Gasteiger partial charge in [0, 0.05) is 5.69 Å². The lowest BCUT2D eigenvalue weighted by molar-refractivity contribution is 0.413. The van der Waals surface area contributed by atoms with E-state index in [0.29, 0.717) is 5.75 Å². The second-order valence-electron chi connectivity index (χ2n) is 7.51. The lowest BCUT2D eigenvalue weighted by Crippen LogP contribution is -2.05. The molecule has 0 saturated carbocycles. The first-order valence-corrected chi connectivity index (χ1v) is 11.3. The van der Waals surface area contributed by atoms with Gasteiger partial charge in [0.1, 0.15) is 5.75 Å². The Morgan fingerprint density at radius 1 is 1.03 bits per heavy atom. The van der Waals surface area contributed by atoms with Crippen molar-refractivity contribution in [1.82, 2.24) is 15.2 Å². The molecule has 8 heteroatoms. The third-order valence-corrected chi connectivity index (χ3v) is 7.35. The number of aromatic amines is 1. The summed E-state index contributed by atoms with van der Waals surface area (Å²) in [5.74, 6) is 0.750. The molecule has 2 aliphatic carbocycles. The van der Waals surface area contributed by atoms with Crippen LogP contribution in [0.3, 0.4) is 0 Å². The second kappa shape index (κ2) is 6.88.